The van der Waals surface area contributed by atoms with Gasteiger partial charge in [-0.2, -0.15) is 0 Å². The lowest BCUT2D eigenvalue weighted by Gasteiger charge is -2.29. The van der Waals surface area contributed by atoms with E-state index in [2.05, 4.69) is 47.9 Å². The van der Waals surface area contributed by atoms with Crippen LogP contribution in [0.5, 0.6) is 5.75 Å². The Labute approximate surface area is 280 Å². The van der Waals surface area contributed by atoms with Crippen LogP contribution in [0, 0.1) is 19.1 Å². The van der Waals surface area contributed by atoms with E-state index in [9.17, 15) is 19.8 Å². The summed E-state index contributed by atoms with van der Waals surface area (Å²) in [4.78, 5) is 31.7. The van der Waals surface area contributed by atoms with Crippen LogP contribution in [0.4, 0.5) is 0 Å². The van der Waals surface area contributed by atoms with Crippen LogP contribution in [-0.4, -0.2) is 55.7 Å². The van der Waals surface area contributed by atoms with Gasteiger partial charge < -0.3 is 24.4 Å². The summed E-state index contributed by atoms with van der Waals surface area (Å²) in [5.41, 5.74) is 7.08. The second kappa shape index (κ2) is 13.5. The van der Waals surface area contributed by atoms with E-state index in [0.717, 1.165) is 64.8 Å². The Hall–Kier alpha value is -5.13. The summed E-state index contributed by atoms with van der Waals surface area (Å²) in [6, 6.07) is 29.7. The zero-order chi connectivity index (χ0) is 33.2. The van der Waals surface area contributed by atoms with Gasteiger partial charge in [-0.25, -0.2) is 9.78 Å². The molecule has 1 amide bonds. The normalized spacial score (nSPS) is 15.8. The summed E-state index contributed by atoms with van der Waals surface area (Å²) in [5, 5.41) is 19.4. The molecule has 1 aromatic heterocycles. The number of likely N-dealkylation sites (tertiary alicyclic amines) is 1. The molecule has 48 heavy (non-hydrogen) atoms. The van der Waals surface area contributed by atoms with Crippen LogP contribution in [0.3, 0.4) is 0 Å². The first-order valence-corrected chi connectivity index (χ1v) is 16.8. The molecule has 1 aliphatic carbocycles. The molecule has 5 aromatic rings. The van der Waals surface area contributed by atoms with Gasteiger partial charge in [-0.05, 0) is 97.8 Å². The SMILES string of the molecule is Cc1ccc(-c2cc(C(=O)N3CCC(O)CC3)ccc2COc2ccc(-c3nc4cc(C(=O)O)c#cc4n3C3CCCCC3)cc2)cc1. The lowest BCUT2D eigenvalue weighted by molar-refractivity contribution is 0.0546. The molecule has 4 aromatic carbocycles. The number of benzene rings is 3. The Kier molecular flexibility index (Phi) is 8.88. The van der Waals surface area contributed by atoms with E-state index in [4.69, 9.17) is 9.72 Å². The lowest BCUT2D eigenvalue weighted by atomic mass is 9.95. The van der Waals surface area contributed by atoms with Gasteiger partial charge in [0, 0.05) is 30.3 Å². The molecule has 2 fully saturated rings. The van der Waals surface area contributed by atoms with E-state index in [1.807, 2.05) is 47.4 Å². The summed E-state index contributed by atoms with van der Waals surface area (Å²) in [6.07, 6.45) is 6.47. The summed E-state index contributed by atoms with van der Waals surface area (Å²) in [6.45, 7) is 3.47. The van der Waals surface area contributed by atoms with Gasteiger partial charge in [-0.3, -0.25) is 4.79 Å². The number of aromatic carboxylic acids is 1. The van der Waals surface area contributed by atoms with Gasteiger partial charge in [-0.1, -0.05) is 61.2 Å². The first-order valence-electron chi connectivity index (χ1n) is 16.8. The quantitative estimate of drug-likeness (QED) is 0.180. The van der Waals surface area contributed by atoms with Crippen molar-refractivity contribution >= 4 is 22.9 Å². The molecule has 1 saturated carbocycles. The Morgan fingerprint density at radius 1 is 0.875 bits per heavy atom. The predicted octanol–water partition coefficient (Wildman–Crippen LogP) is 7.66. The van der Waals surface area contributed by atoms with Gasteiger partial charge in [0.1, 0.15) is 29.3 Å². The highest BCUT2D eigenvalue weighted by atomic mass is 16.5. The van der Waals surface area contributed by atoms with Crippen molar-refractivity contribution in [3.8, 4) is 28.3 Å². The van der Waals surface area contributed by atoms with Crippen LogP contribution in [0.2, 0.25) is 0 Å². The number of fused-ring (bicyclic) bond motifs is 1. The van der Waals surface area contributed by atoms with Crippen LogP contribution in [0.15, 0.2) is 72.8 Å². The smallest absolute Gasteiger partial charge is 0.344 e. The first kappa shape index (κ1) is 31.5. The fourth-order valence-corrected chi connectivity index (χ4v) is 6.94. The molecule has 2 N–H and O–H groups in total. The average molecular weight is 642 g/mol. The maximum Gasteiger partial charge on any atom is 0.344 e. The van der Waals surface area contributed by atoms with Crippen LogP contribution < -0.4 is 4.74 Å². The molecule has 7 rings (SSSR count). The average Bonchev–Trinajstić information content (AvgIpc) is 3.50. The summed E-state index contributed by atoms with van der Waals surface area (Å²) < 4.78 is 8.54. The Morgan fingerprint density at radius 3 is 2.29 bits per heavy atom. The number of imidazole rings is 1. The van der Waals surface area contributed by atoms with E-state index < -0.39 is 5.97 Å². The minimum Gasteiger partial charge on any atom is -0.489 e. The zero-order valence-electron chi connectivity index (χ0n) is 27.1. The highest BCUT2D eigenvalue weighted by molar-refractivity contribution is 5.96. The maximum atomic E-state index is 13.4. The molecule has 1 saturated heterocycles. The van der Waals surface area contributed by atoms with Crippen molar-refractivity contribution in [3.05, 3.63) is 107 Å². The number of aryl methyl sites for hydroxylation is 1. The number of aliphatic hydroxyl groups is 1. The molecule has 0 unspecified atom stereocenters. The number of piperidine rings is 1. The molecular formula is C40H39N3O5. The van der Waals surface area contributed by atoms with Crippen molar-refractivity contribution in [1.29, 1.82) is 0 Å². The van der Waals surface area contributed by atoms with E-state index in [-0.39, 0.29) is 23.6 Å². The topological polar surface area (TPSA) is 105 Å². The number of ether oxygens (including phenoxy) is 1. The van der Waals surface area contributed by atoms with E-state index in [1.165, 1.54) is 6.42 Å². The molecule has 2 aliphatic rings. The number of hydrogen-bond acceptors (Lipinski definition) is 5. The number of carboxylic acid groups (broad SMARTS) is 1. The van der Waals surface area contributed by atoms with Gasteiger partial charge in [0.2, 0.25) is 0 Å². The van der Waals surface area contributed by atoms with Crippen LogP contribution in [0.25, 0.3) is 33.5 Å². The van der Waals surface area contributed by atoms with Crippen molar-refractivity contribution < 1.29 is 24.5 Å². The summed E-state index contributed by atoms with van der Waals surface area (Å²) >= 11 is 0. The van der Waals surface area contributed by atoms with Crippen molar-refractivity contribution in [3.63, 3.8) is 0 Å². The van der Waals surface area contributed by atoms with E-state index >= 15 is 0 Å². The molecule has 1 aliphatic heterocycles. The molecule has 0 radical (unpaired) electrons. The maximum absolute atomic E-state index is 13.4. The number of nitrogens with zero attached hydrogens (tertiary/aromatic N) is 3. The van der Waals surface area contributed by atoms with E-state index in [0.29, 0.717) is 49.4 Å². The van der Waals surface area contributed by atoms with E-state index in [1.54, 1.807) is 6.07 Å². The number of rotatable bonds is 8. The highest BCUT2D eigenvalue weighted by Crippen LogP contribution is 2.36. The summed E-state index contributed by atoms with van der Waals surface area (Å²) in [5.74, 6) is 0.431. The van der Waals surface area contributed by atoms with Crippen LogP contribution in [-0.2, 0) is 6.61 Å². The minimum absolute atomic E-state index is 0.0211. The third-order valence-electron chi connectivity index (χ3n) is 9.68. The van der Waals surface area contributed by atoms with Crippen molar-refractivity contribution in [2.75, 3.05) is 13.1 Å². The largest absolute Gasteiger partial charge is 0.489 e. The van der Waals surface area contributed by atoms with Gasteiger partial charge in [-0.15, -0.1) is 0 Å². The second-order valence-electron chi connectivity index (χ2n) is 13.0. The summed E-state index contributed by atoms with van der Waals surface area (Å²) in [7, 11) is 0. The zero-order valence-corrected chi connectivity index (χ0v) is 27.1. The predicted molar refractivity (Wildman–Crippen MR) is 184 cm³/mol. The Bertz CT molecular complexity index is 1930. The molecule has 8 heteroatoms. The van der Waals surface area contributed by atoms with Gasteiger partial charge in [0.15, 0.2) is 0 Å². The number of carboxylic acids is 1. The minimum atomic E-state index is -1.04. The molecule has 244 valence electrons. The monoisotopic (exact) mass is 641 g/mol. The number of hydrogen-bond donors (Lipinski definition) is 2. The number of amides is 1. The van der Waals surface area contributed by atoms with Crippen molar-refractivity contribution in [2.24, 2.45) is 0 Å². The van der Waals surface area contributed by atoms with Gasteiger partial charge >= 0.3 is 5.97 Å². The Balaban J connectivity index is 1.15. The third-order valence-corrected chi connectivity index (χ3v) is 9.68. The van der Waals surface area contributed by atoms with Crippen molar-refractivity contribution in [2.45, 2.75) is 70.6 Å². The fourth-order valence-electron chi connectivity index (χ4n) is 6.94. The molecule has 0 atom stereocenters. The highest BCUT2D eigenvalue weighted by Gasteiger charge is 2.25. The molecule has 2 heterocycles. The molecule has 8 nitrogen and oxygen atoms in total. The van der Waals surface area contributed by atoms with Gasteiger partial charge in [0.25, 0.3) is 5.91 Å². The second-order valence-corrected chi connectivity index (χ2v) is 13.0. The third kappa shape index (κ3) is 6.51. The molecule has 0 spiro atoms. The first-order chi connectivity index (χ1) is 23.3. The standard InChI is InChI=1S/C40H39N3O5/c1-26-7-9-27(10-8-26)35-23-29(39(45)42-21-19-33(44)20-22-42)11-12-31(35)25-48-34-16-13-28(14-17-34)38-41-36-24-30(40(46)47)15-18-37(36)43(38)32-5-3-2-4-6-32/h7-14,16-17,23-24,32-33,44H,2-6,19-22,25H2,1H3,(H,46,47). The molecule has 0 bridgehead atoms. The number of aromatic nitrogens is 2. The van der Waals surface area contributed by atoms with Crippen LogP contribution in [0.1, 0.15) is 82.8 Å². The fraction of sp³-hybridized carbons (Fsp3) is 0.325. The Morgan fingerprint density at radius 2 is 1.58 bits per heavy atom. The van der Waals surface area contributed by atoms with Gasteiger partial charge in [0.05, 0.1) is 11.6 Å². The number of aliphatic hydroxyl groups excluding tert-OH is 1. The number of carbonyl (C=O) groups excluding carboxylic acids is 1. The lowest BCUT2D eigenvalue weighted by Crippen LogP contribution is -2.40. The number of carbonyl (C=O) groups is 2. The molecular weight excluding hydrogens is 602 g/mol. The van der Waals surface area contributed by atoms with Crippen LogP contribution >= 0.6 is 0 Å². The van der Waals surface area contributed by atoms with Crippen molar-refractivity contribution in [1.82, 2.24) is 14.5 Å².